The van der Waals surface area contributed by atoms with Gasteiger partial charge in [0, 0.05) is 12.5 Å². The van der Waals surface area contributed by atoms with Crippen LogP contribution in [0.5, 0.6) is 5.75 Å². The molecule has 0 heterocycles. The van der Waals surface area contributed by atoms with Crippen LogP contribution in [0.2, 0.25) is 5.02 Å². The molecule has 1 aromatic carbocycles. The minimum absolute atomic E-state index is 0.0898. The topological polar surface area (TPSA) is 102 Å². The molecular weight excluding hydrogens is 258 g/mol. The monoisotopic (exact) mass is 271 g/mol. The number of halogens is 1. The van der Waals surface area contributed by atoms with Gasteiger partial charge in [0.25, 0.3) is 0 Å². The van der Waals surface area contributed by atoms with Gasteiger partial charge < -0.3 is 10.5 Å². The van der Waals surface area contributed by atoms with E-state index in [0.29, 0.717) is 25.9 Å². The van der Waals surface area contributed by atoms with Crippen molar-refractivity contribution in [3.8, 4) is 5.75 Å². The Bertz CT molecular complexity index is 451. The number of para-hydroxylation sites is 1. The van der Waals surface area contributed by atoms with Crippen LogP contribution in [-0.2, 0) is 0 Å². The third-order valence-corrected chi connectivity index (χ3v) is 2.53. The number of unbranched alkanes of at least 4 members (excludes halogenated alkanes) is 1. The smallest absolute Gasteiger partial charge is 0.312 e. The highest BCUT2D eigenvalue weighted by atomic mass is 35.5. The van der Waals surface area contributed by atoms with Crippen LogP contribution < -0.4 is 10.5 Å². The molecule has 1 rings (SSSR count). The molecule has 3 N–H and O–H groups in total. The number of nitrogens with zero attached hydrogens (tertiary/aromatic N) is 1. The van der Waals surface area contributed by atoms with Crippen LogP contribution in [-0.4, -0.2) is 17.4 Å². The summed E-state index contributed by atoms with van der Waals surface area (Å²) in [5.41, 5.74) is 5.06. The number of nitro benzene ring substituents is 1. The molecule has 0 radical (unpaired) electrons. The Morgan fingerprint density at radius 2 is 2.22 bits per heavy atom. The van der Waals surface area contributed by atoms with Crippen LogP contribution in [0.15, 0.2) is 18.2 Å². The zero-order valence-electron chi connectivity index (χ0n) is 9.69. The van der Waals surface area contributed by atoms with Crippen LogP contribution >= 0.6 is 11.6 Å². The van der Waals surface area contributed by atoms with Gasteiger partial charge in [-0.1, -0.05) is 17.7 Å². The van der Waals surface area contributed by atoms with E-state index in [9.17, 15) is 10.1 Å². The normalized spacial score (nSPS) is 10.1. The van der Waals surface area contributed by atoms with Crippen LogP contribution in [0.4, 0.5) is 5.69 Å². The summed E-state index contributed by atoms with van der Waals surface area (Å²) in [6, 6.07) is 4.39. The average Bonchev–Trinajstić information content (AvgIpc) is 2.29. The Morgan fingerprint density at radius 3 is 2.83 bits per heavy atom. The molecule has 0 unspecified atom stereocenters. The molecule has 0 bridgehead atoms. The van der Waals surface area contributed by atoms with Crippen molar-refractivity contribution in [2.75, 3.05) is 6.61 Å². The molecule has 0 spiro atoms. The number of hydrogen-bond donors (Lipinski definition) is 2. The summed E-state index contributed by atoms with van der Waals surface area (Å²) in [6.45, 7) is 0.303. The predicted octanol–water partition coefficient (Wildman–Crippen LogP) is 2.73. The van der Waals surface area contributed by atoms with Crippen LogP contribution in [0.25, 0.3) is 0 Å². The first-order valence-corrected chi connectivity index (χ1v) is 5.78. The molecule has 0 aliphatic rings. The lowest BCUT2D eigenvalue weighted by Crippen LogP contribution is -2.09. The summed E-state index contributed by atoms with van der Waals surface area (Å²) >= 11 is 5.85. The first kappa shape index (κ1) is 14.2. The number of rotatable bonds is 7. The van der Waals surface area contributed by atoms with E-state index in [0.717, 1.165) is 0 Å². The van der Waals surface area contributed by atoms with Gasteiger partial charge in [-0.25, -0.2) is 0 Å². The van der Waals surface area contributed by atoms with Crippen LogP contribution in [0.1, 0.15) is 19.3 Å². The van der Waals surface area contributed by atoms with E-state index in [2.05, 4.69) is 0 Å². The molecule has 6 nitrogen and oxygen atoms in total. The minimum atomic E-state index is -0.531. The second kappa shape index (κ2) is 6.80. The molecular formula is C11H14ClN3O3. The first-order chi connectivity index (χ1) is 8.52. The SMILES string of the molecule is N=C(N)CCCCOc1c(Cl)cccc1[N+](=O)[O-]. The Kier molecular flexibility index (Phi) is 5.38. The standard InChI is InChI=1S/C11H14ClN3O3/c12-8-4-3-5-9(15(16)17)11(8)18-7-2-1-6-10(13)14/h3-5H,1-2,6-7H2,(H3,13,14). The lowest BCUT2D eigenvalue weighted by atomic mass is 10.2. The van der Waals surface area contributed by atoms with Crippen LogP contribution in [0, 0.1) is 15.5 Å². The Morgan fingerprint density at radius 1 is 1.50 bits per heavy atom. The second-order valence-corrected chi connectivity index (χ2v) is 4.08. The van der Waals surface area contributed by atoms with Crippen molar-refractivity contribution in [1.82, 2.24) is 0 Å². The lowest BCUT2D eigenvalue weighted by molar-refractivity contribution is -0.385. The van der Waals surface area contributed by atoms with Gasteiger partial charge in [0.1, 0.15) is 0 Å². The van der Waals surface area contributed by atoms with E-state index in [4.69, 9.17) is 27.5 Å². The highest BCUT2D eigenvalue weighted by Crippen LogP contribution is 2.34. The Labute approximate surface area is 109 Å². The van der Waals surface area contributed by atoms with Gasteiger partial charge in [-0.05, 0) is 18.9 Å². The van der Waals surface area contributed by atoms with Crippen molar-refractivity contribution in [2.24, 2.45) is 5.73 Å². The first-order valence-electron chi connectivity index (χ1n) is 5.41. The number of nitro groups is 1. The number of nitrogens with one attached hydrogen (secondary N) is 1. The highest BCUT2D eigenvalue weighted by molar-refractivity contribution is 6.32. The van der Waals surface area contributed by atoms with E-state index in [-0.39, 0.29) is 22.3 Å². The van der Waals surface area contributed by atoms with Gasteiger partial charge in [0.2, 0.25) is 5.75 Å². The summed E-state index contributed by atoms with van der Waals surface area (Å²) < 4.78 is 5.33. The summed E-state index contributed by atoms with van der Waals surface area (Å²) in [4.78, 5) is 10.2. The molecule has 7 heteroatoms. The Hall–Kier alpha value is -1.82. The maximum atomic E-state index is 10.8. The number of hydrogen-bond acceptors (Lipinski definition) is 4. The number of benzene rings is 1. The molecule has 0 aromatic heterocycles. The molecule has 0 saturated heterocycles. The molecule has 0 aliphatic heterocycles. The average molecular weight is 272 g/mol. The molecule has 0 fully saturated rings. The molecule has 0 atom stereocenters. The quantitative estimate of drug-likeness (QED) is 0.262. The Balaban J connectivity index is 2.56. The van der Waals surface area contributed by atoms with Gasteiger partial charge >= 0.3 is 5.69 Å². The number of ether oxygens (including phenoxy) is 1. The minimum Gasteiger partial charge on any atom is -0.486 e. The van der Waals surface area contributed by atoms with Gasteiger partial charge in [-0.15, -0.1) is 0 Å². The molecule has 0 saturated carbocycles. The molecule has 18 heavy (non-hydrogen) atoms. The predicted molar refractivity (Wildman–Crippen MR) is 69.4 cm³/mol. The van der Waals surface area contributed by atoms with E-state index in [1.54, 1.807) is 6.07 Å². The van der Waals surface area contributed by atoms with Crippen molar-refractivity contribution in [2.45, 2.75) is 19.3 Å². The number of amidine groups is 1. The van der Waals surface area contributed by atoms with E-state index in [1.807, 2.05) is 0 Å². The summed E-state index contributed by atoms with van der Waals surface area (Å²) in [7, 11) is 0. The van der Waals surface area contributed by atoms with Crippen molar-refractivity contribution >= 4 is 23.1 Å². The fourth-order valence-corrected chi connectivity index (χ4v) is 1.60. The lowest BCUT2D eigenvalue weighted by Gasteiger charge is -2.08. The molecule has 98 valence electrons. The fourth-order valence-electron chi connectivity index (χ4n) is 1.38. The molecule has 1 aromatic rings. The van der Waals surface area contributed by atoms with Gasteiger partial charge in [0.15, 0.2) is 0 Å². The maximum Gasteiger partial charge on any atom is 0.312 e. The molecule has 0 aliphatic carbocycles. The second-order valence-electron chi connectivity index (χ2n) is 3.68. The van der Waals surface area contributed by atoms with Gasteiger partial charge in [-0.2, -0.15) is 0 Å². The zero-order valence-corrected chi connectivity index (χ0v) is 10.4. The van der Waals surface area contributed by atoms with E-state index < -0.39 is 4.92 Å². The zero-order chi connectivity index (χ0) is 13.5. The van der Waals surface area contributed by atoms with Crippen molar-refractivity contribution in [3.63, 3.8) is 0 Å². The summed E-state index contributed by atoms with van der Waals surface area (Å²) in [6.07, 6.45) is 1.85. The van der Waals surface area contributed by atoms with E-state index in [1.165, 1.54) is 12.1 Å². The molecule has 0 amide bonds. The summed E-state index contributed by atoms with van der Waals surface area (Å²) in [5, 5.41) is 18.0. The van der Waals surface area contributed by atoms with Gasteiger partial charge in [0.05, 0.1) is 22.4 Å². The maximum absolute atomic E-state index is 10.8. The highest BCUT2D eigenvalue weighted by Gasteiger charge is 2.17. The van der Waals surface area contributed by atoms with Crippen molar-refractivity contribution < 1.29 is 9.66 Å². The van der Waals surface area contributed by atoms with Gasteiger partial charge in [-0.3, -0.25) is 15.5 Å². The third-order valence-electron chi connectivity index (χ3n) is 2.23. The third kappa shape index (κ3) is 4.21. The van der Waals surface area contributed by atoms with Crippen LogP contribution in [0.3, 0.4) is 0 Å². The summed E-state index contributed by atoms with van der Waals surface area (Å²) in [5.74, 6) is 0.214. The fraction of sp³-hybridized carbons (Fsp3) is 0.364. The largest absolute Gasteiger partial charge is 0.486 e. The van der Waals surface area contributed by atoms with Crippen molar-refractivity contribution in [3.05, 3.63) is 33.3 Å². The van der Waals surface area contributed by atoms with Crippen molar-refractivity contribution in [1.29, 1.82) is 5.41 Å². The number of nitrogens with two attached hydrogens (primary N) is 1. The van der Waals surface area contributed by atoms with E-state index >= 15 is 0 Å².